The Balaban J connectivity index is 1.31. The minimum Gasteiger partial charge on any atom is -0.361 e. The fraction of sp³-hybridized carbons (Fsp3) is 0.333. The van der Waals surface area contributed by atoms with Gasteiger partial charge in [0, 0.05) is 35.9 Å². The van der Waals surface area contributed by atoms with E-state index in [4.69, 9.17) is 0 Å². The average molecular weight is 389 g/mol. The molecule has 150 valence electrons. The number of amides is 2. The first-order valence-corrected chi connectivity index (χ1v) is 10.3. The van der Waals surface area contributed by atoms with Crippen molar-refractivity contribution in [1.82, 2.24) is 10.3 Å². The largest absolute Gasteiger partial charge is 0.361 e. The van der Waals surface area contributed by atoms with Crippen LogP contribution in [0.4, 0.5) is 5.69 Å². The monoisotopic (exact) mass is 389 g/mol. The molecule has 3 aromatic rings. The van der Waals surface area contributed by atoms with Crippen LogP contribution in [-0.4, -0.2) is 29.9 Å². The SMILES string of the molecule is CCN(C(=O)C1CC1C(=O)NCCc1c[nH]c2ccccc12)c1cccc(C)c1. The normalized spacial score (nSPS) is 17.9. The van der Waals surface area contributed by atoms with E-state index in [0.717, 1.165) is 23.2 Å². The Morgan fingerprint density at radius 1 is 1.14 bits per heavy atom. The lowest BCUT2D eigenvalue weighted by atomic mass is 10.1. The Kier molecular flexibility index (Phi) is 5.38. The van der Waals surface area contributed by atoms with Gasteiger partial charge in [-0.15, -0.1) is 0 Å². The summed E-state index contributed by atoms with van der Waals surface area (Å²) in [7, 11) is 0. The van der Waals surface area contributed by atoms with Gasteiger partial charge in [0.15, 0.2) is 0 Å². The second-order valence-corrected chi connectivity index (χ2v) is 7.77. The number of nitrogens with zero attached hydrogens (tertiary/aromatic N) is 1. The Bertz CT molecular complexity index is 1040. The van der Waals surface area contributed by atoms with Crippen LogP contribution in [0, 0.1) is 18.8 Å². The van der Waals surface area contributed by atoms with E-state index in [1.807, 2.05) is 62.5 Å². The molecule has 2 unspecified atom stereocenters. The van der Waals surface area contributed by atoms with Gasteiger partial charge in [-0.1, -0.05) is 30.3 Å². The van der Waals surface area contributed by atoms with E-state index in [2.05, 4.69) is 16.4 Å². The molecule has 5 heteroatoms. The first kappa shape index (κ1) is 19.2. The van der Waals surface area contributed by atoms with Gasteiger partial charge in [-0.25, -0.2) is 0 Å². The third kappa shape index (κ3) is 4.04. The van der Waals surface area contributed by atoms with Crippen molar-refractivity contribution in [2.24, 2.45) is 11.8 Å². The molecule has 0 radical (unpaired) electrons. The highest BCUT2D eigenvalue weighted by atomic mass is 16.2. The molecule has 1 aromatic heterocycles. The zero-order valence-corrected chi connectivity index (χ0v) is 16.9. The van der Waals surface area contributed by atoms with E-state index < -0.39 is 0 Å². The number of nitrogens with one attached hydrogen (secondary N) is 2. The number of hydrogen-bond donors (Lipinski definition) is 2. The molecule has 1 aliphatic carbocycles. The minimum atomic E-state index is -0.205. The van der Waals surface area contributed by atoms with E-state index in [1.165, 1.54) is 10.9 Å². The highest BCUT2D eigenvalue weighted by Gasteiger charge is 2.49. The molecule has 1 aliphatic rings. The molecule has 2 amide bonds. The van der Waals surface area contributed by atoms with Gasteiger partial charge in [0.05, 0.1) is 11.8 Å². The number of aromatic amines is 1. The van der Waals surface area contributed by atoms with Gasteiger partial charge in [-0.3, -0.25) is 9.59 Å². The molecule has 2 aromatic carbocycles. The van der Waals surface area contributed by atoms with E-state index >= 15 is 0 Å². The summed E-state index contributed by atoms with van der Waals surface area (Å²) < 4.78 is 0. The second-order valence-electron chi connectivity index (χ2n) is 7.77. The summed E-state index contributed by atoms with van der Waals surface area (Å²) in [5.41, 5.74) is 4.33. The summed E-state index contributed by atoms with van der Waals surface area (Å²) in [4.78, 5) is 30.5. The molecular formula is C24H27N3O2. The average Bonchev–Trinajstić information content (AvgIpc) is 3.43. The van der Waals surface area contributed by atoms with Crippen LogP contribution < -0.4 is 10.2 Å². The number of benzene rings is 2. The van der Waals surface area contributed by atoms with Crippen molar-refractivity contribution in [1.29, 1.82) is 0 Å². The molecule has 2 atom stereocenters. The van der Waals surface area contributed by atoms with Gasteiger partial charge in [0.1, 0.15) is 0 Å². The summed E-state index contributed by atoms with van der Waals surface area (Å²) in [5.74, 6) is -0.369. The number of para-hydroxylation sites is 1. The molecule has 0 spiro atoms. The standard InChI is InChI=1S/C24H27N3O2/c1-3-27(18-8-6-7-16(2)13-18)24(29)21-14-20(21)23(28)25-12-11-17-15-26-22-10-5-4-9-19(17)22/h4-10,13,15,20-21,26H,3,11-12,14H2,1-2H3,(H,25,28). The maximum absolute atomic E-state index is 12.9. The Labute approximate surface area is 171 Å². The van der Waals surface area contributed by atoms with E-state index in [1.54, 1.807) is 4.90 Å². The van der Waals surface area contributed by atoms with E-state index in [0.29, 0.717) is 19.5 Å². The van der Waals surface area contributed by atoms with Crippen LogP contribution in [0.15, 0.2) is 54.7 Å². The number of fused-ring (bicyclic) bond motifs is 1. The number of carbonyl (C=O) groups is 2. The molecule has 29 heavy (non-hydrogen) atoms. The Hall–Kier alpha value is -3.08. The number of anilines is 1. The smallest absolute Gasteiger partial charge is 0.230 e. The molecule has 5 nitrogen and oxygen atoms in total. The Morgan fingerprint density at radius 2 is 1.97 bits per heavy atom. The van der Waals surface area contributed by atoms with Gasteiger partial charge in [0.2, 0.25) is 11.8 Å². The summed E-state index contributed by atoms with van der Waals surface area (Å²) in [6.45, 7) is 5.17. The maximum Gasteiger partial charge on any atom is 0.230 e. The van der Waals surface area contributed by atoms with Crippen molar-refractivity contribution in [2.45, 2.75) is 26.7 Å². The topological polar surface area (TPSA) is 65.2 Å². The quantitative estimate of drug-likeness (QED) is 0.645. The van der Waals surface area contributed by atoms with Crippen molar-refractivity contribution in [3.8, 4) is 0 Å². The first-order chi connectivity index (χ1) is 14.1. The fourth-order valence-electron chi connectivity index (χ4n) is 4.01. The molecule has 4 rings (SSSR count). The minimum absolute atomic E-state index is 0.0107. The highest BCUT2D eigenvalue weighted by molar-refractivity contribution is 6.01. The molecular weight excluding hydrogens is 362 g/mol. The summed E-state index contributed by atoms with van der Waals surface area (Å²) in [6, 6.07) is 16.1. The number of carbonyl (C=O) groups excluding carboxylic acids is 2. The van der Waals surface area contributed by atoms with Crippen LogP contribution in [0.25, 0.3) is 10.9 Å². The number of rotatable bonds is 7. The molecule has 0 saturated heterocycles. The first-order valence-electron chi connectivity index (χ1n) is 10.3. The lowest BCUT2D eigenvalue weighted by molar-refractivity contribution is -0.126. The van der Waals surface area contributed by atoms with Crippen molar-refractivity contribution in [3.05, 3.63) is 65.9 Å². The molecule has 1 heterocycles. The Morgan fingerprint density at radius 3 is 2.76 bits per heavy atom. The molecule has 0 aliphatic heterocycles. The van der Waals surface area contributed by atoms with Crippen LogP contribution >= 0.6 is 0 Å². The van der Waals surface area contributed by atoms with Gasteiger partial charge < -0.3 is 15.2 Å². The van der Waals surface area contributed by atoms with Gasteiger partial charge in [0.25, 0.3) is 0 Å². The van der Waals surface area contributed by atoms with Crippen LogP contribution in [0.3, 0.4) is 0 Å². The van der Waals surface area contributed by atoms with Crippen molar-refractivity contribution < 1.29 is 9.59 Å². The van der Waals surface area contributed by atoms with Crippen molar-refractivity contribution in [3.63, 3.8) is 0 Å². The zero-order chi connectivity index (χ0) is 20.4. The number of hydrogen-bond acceptors (Lipinski definition) is 2. The molecule has 0 bridgehead atoms. The van der Waals surface area contributed by atoms with Crippen LogP contribution in [0.2, 0.25) is 0 Å². The molecule has 1 saturated carbocycles. The van der Waals surface area contributed by atoms with Gasteiger partial charge >= 0.3 is 0 Å². The predicted octanol–water partition coefficient (Wildman–Crippen LogP) is 3.82. The summed E-state index contributed by atoms with van der Waals surface area (Å²) in [6.07, 6.45) is 3.41. The van der Waals surface area contributed by atoms with Crippen LogP contribution in [0.5, 0.6) is 0 Å². The number of aromatic nitrogens is 1. The van der Waals surface area contributed by atoms with E-state index in [-0.39, 0.29) is 23.7 Å². The third-order valence-corrected chi connectivity index (χ3v) is 5.71. The van der Waals surface area contributed by atoms with E-state index in [9.17, 15) is 9.59 Å². The second kappa shape index (κ2) is 8.11. The fourth-order valence-corrected chi connectivity index (χ4v) is 4.01. The summed E-state index contributed by atoms with van der Waals surface area (Å²) >= 11 is 0. The van der Waals surface area contributed by atoms with Crippen molar-refractivity contribution >= 4 is 28.4 Å². The van der Waals surface area contributed by atoms with Gasteiger partial charge in [-0.05, 0) is 56.0 Å². The number of H-pyrrole nitrogens is 1. The van der Waals surface area contributed by atoms with Crippen LogP contribution in [-0.2, 0) is 16.0 Å². The molecule has 1 fully saturated rings. The molecule has 2 N–H and O–H groups in total. The highest BCUT2D eigenvalue weighted by Crippen LogP contribution is 2.41. The predicted molar refractivity (Wildman–Crippen MR) is 116 cm³/mol. The lowest BCUT2D eigenvalue weighted by Crippen LogP contribution is -2.34. The van der Waals surface area contributed by atoms with Crippen molar-refractivity contribution in [2.75, 3.05) is 18.0 Å². The lowest BCUT2D eigenvalue weighted by Gasteiger charge is -2.21. The zero-order valence-electron chi connectivity index (χ0n) is 16.9. The summed E-state index contributed by atoms with van der Waals surface area (Å²) in [5, 5.41) is 4.21. The number of aryl methyl sites for hydroxylation is 1. The maximum atomic E-state index is 12.9. The third-order valence-electron chi connectivity index (χ3n) is 5.71. The van der Waals surface area contributed by atoms with Gasteiger partial charge in [-0.2, -0.15) is 0 Å². The van der Waals surface area contributed by atoms with Crippen LogP contribution in [0.1, 0.15) is 24.5 Å².